The maximum atomic E-state index is 6.20. The van der Waals surface area contributed by atoms with Crippen molar-refractivity contribution in [3.8, 4) is 5.88 Å². The smallest absolute Gasteiger partial charge is 0.213 e. The molecule has 2 atom stereocenters. The number of nitrogens with zero attached hydrogens (tertiary/aromatic N) is 3. The van der Waals surface area contributed by atoms with Gasteiger partial charge in [0.2, 0.25) is 5.88 Å². The Hall–Kier alpha value is -1.92. The van der Waals surface area contributed by atoms with Crippen LogP contribution in [0.1, 0.15) is 24.8 Å². The average Bonchev–Trinajstić information content (AvgIpc) is 3.19. The molecule has 0 saturated carbocycles. The minimum absolute atomic E-state index is 0.0680. The quantitative estimate of drug-likeness (QED) is 0.935. The number of hydrogen-bond acceptors (Lipinski definition) is 5. The van der Waals surface area contributed by atoms with E-state index in [9.17, 15) is 0 Å². The molecule has 0 aromatic carbocycles. The molecule has 23 heavy (non-hydrogen) atoms. The fraction of sp³-hybridized carbons (Fsp3) is 0.529. The van der Waals surface area contributed by atoms with E-state index in [2.05, 4.69) is 20.1 Å². The molecule has 4 rings (SSSR count). The molecule has 2 fully saturated rings. The topological polar surface area (TPSA) is 63.3 Å². The summed E-state index contributed by atoms with van der Waals surface area (Å²) < 4.78 is 12.2. The average molecular weight is 314 g/mol. The van der Waals surface area contributed by atoms with E-state index < -0.39 is 0 Å². The maximum Gasteiger partial charge on any atom is 0.213 e. The Bertz CT molecular complexity index is 619. The number of nitrogens with one attached hydrogen (secondary N) is 1. The Morgan fingerprint density at radius 1 is 1.43 bits per heavy atom. The number of H-pyrrole nitrogens is 1. The Morgan fingerprint density at radius 3 is 3.26 bits per heavy atom. The Morgan fingerprint density at radius 2 is 2.43 bits per heavy atom. The van der Waals surface area contributed by atoms with Crippen molar-refractivity contribution < 1.29 is 9.47 Å². The third-order valence-corrected chi connectivity index (χ3v) is 4.68. The number of piperidine rings is 1. The minimum Gasteiger partial charge on any atom is -0.472 e. The van der Waals surface area contributed by atoms with Crippen LogP contribution in [0.4, 0.5) is 0 Å². The summed E-state index contributed by atoms with van der Waals surface area (Å²) in [6.07, 6.45) is 8.91. The third kappa shape index (κ3) is 3.38. The fourth-order valence-corrected chi connectivity index (χ4v) is 3.70. The summed E-state index contributed by atoms with van der Waals surface area (Å²) in [6.45, 7) is 3.64. The number of ether oxygens (including phenoxy) is 2. The van der Waals surface area contributed by atoms with Crippen molar-refractivity contribution in [1.29, 1.82) is 0 Å². The van der Waals surface area contributed by atoms with E-state index in [1.807, 2.05) is 30.6 Å². The molecule has 6 heteroatoms. The van der Waals surface area contributed by atoms with Gasteiger partial charge in [-0.25, -0.2) is 4.98 Å². The highest BCUT2D eigenvalue weighted by Gasteiger charge is 2.44. The van der Waals surface area contributed by atoms with E-state index in [0.29, 0.717) is 12.5 Å². The van der Waals surface area contributed by atoms with Crippen LogP contribution in [0.15, 0.2) is 36.8 Å². The predicted molar refractivity (Wildman–Crippen MR) is 85.1 cm³/mol. The number of likely N-dealkylation sites (tertiary alicyclic amines) is 1. The molecule has 122 valence electrons. The molecule has 1 N–H and O–H groups in total. The molecule has 2 aliphatic rings. The molecule has 0 radical (unpaired) electrons. The lowest BCUT2D eigenvalue weighted by Gasteiger charge is -2.39. The van der Waals surface area contributed by atoms with Crippen LogP contribution in [-0.4, -0.2) is 51.5 Å². The van der Waals surface area contributed by atoms with Crippen molar-refractivity contribution in [1.82, 2.24) is 20.1 Å². The summed E-state index contributed by atoms with van der Waals surface area (Å²) >= 11 is 0. The highest BCUT2D eigenvalue weighted by Crippen LogP contribution is 2.36. The lowest BCUT2D eigenvalue weighted by Crippen LogP contribution is -2.47. The molecule has 0 bridgehead atoms. The standard InChI is InChI=1S/C17H22N4O2/c1-2-6-18-16(4-1)23-15-8-17(22-12-15)5-3-7-21(13-17)11-14-9-19-20-10-14/h1-2,4,6,9-10,15H,3,5,7-8,11-13H2,(H,19,20)/t15-,17-/m1/s1. The van der Waals surface area contributed by atoms with Gasteiger partial charge in [-0.1, -0.05) is 6.07 Å². The van der Waals surface area contributed by atoms with Crippen molar-refractivity contribution in [2.45, 2.75) is 37.5 Å². The number of rotatable bonds is 4. The minimum atomic E-state index is -0.0680. The summed E-state index contributed by atoms with van der Waals surface area (Å²) in [7, 11) is 0. The zero-order valence-electron chi connectivity index (χ0n) is 13.1. The molecule has 2 aromatic heterocycles. The van der Waals surface area contributed by atoms with Crippen LogP contribution in [0.5, 0.6) is 5.88 Å². The van der Waals surface area contributed by atoms with E-state index >= 15 is 0 Å². The van der Waals surface area contributed by atoms with Gasteiger partial charge >= 0.3 is 0 Å². The first-order valence-electron chi connectivity index (χ1n) is 8.23. The van der Waals surface area contributed by atoms with Crippen LogP contribution in [0.3, 0.4) is 0 Å². The van der Waals surface area contributed by atoms with Crippen molar-refractivity contribution in [2.75, 3.05) is 19.7 Å². The van der Waals surface area contributed by atoms with Crippen LogP contribution in [-0.2, 0) is 11.3 Å². The Balaban J connectivity index is 1.37. The summed E-state index contributed by atoms with van der Waals surface area (Å²) in [6, 6.07) is 5.74. The van der Waals surface area contributed by atoms with Crippen molar-refractivity contribution >= 4 is 0 Å². The van der Waals surface area contributed by atoms with Gasteiger partial charge in [0.15, 0.2) is 0 Å². The van der Waals surface area contributed by atoms with Crippen LogP contribution >= 0.6 is 0 Å². The second-order valence-electron chi connectivity index (χ2n) is 6.53. The van der Waals surface area contributed by atoms with Crippen LogP contribution < -0.4 is 4.74 Å². The van der Waals surface area contributed by atoms with E-state index in [1.165, 1.54) is 5.56 Å². The van der Waals surface area contributed by atoms with Gasteiger partial charge in [-0.15, -0.1) is 0 Å². The zero-order valence-corrected chi connectivity index (χ0v) is 13.1. The summed E-state index contributed by atoms with van der Waals surface area (Å²) in [4.78, 5) is 6.70. The van der Waals surface area contributed by atoms with Gasteiger partial charge < -0.3 is 9.47 Å². The van der Waals surface area contributed by atoms with Gasteiger partial charge in [-0.3, -0.25) is 10.00 Å². The molecule has 2 aliphatic heterocycles. The normalized spacial score (nSPS) is 28.3. The molecular weight excluding hydrogens is 292 g/mol. The van der Waals surface area contributed by atoms with Gasteiger partial charge in [-0.05, 0) is 25.5 Å². The summed E-state index contributed by atoms with van der Waals surface area (Å²) in [5.41, 5.74) is 1.16. The monoisotopic (exact) mass is 314 g/mol. The molecule has 1 spiro atoms. The van der Waals surface area contributed by atoms with E-state index in [4.69, 9.17) is 9.47 Å². The lowest BCUT2D eigenvalue weighted by molar-refractivity contribution is -0.0538. The Kier molecular flexibility index (Phi) is 4.01. The molecular formula is C17H22N4O2. The SMILES string of the molecule is c1ccc(O[C@H]2CO[C@]3(CCCN(Cc4cn[nH]c4)C3)C2)nc1. The van der Waals surface area contributed by atoms with Crippen molar-refractivity contribution in [2.24, 2.45) is 0 Å². The second-order valence-corrected chi connectivity index (χ2v) is 6.53. The number of aromatic amines is 1. The number of pyridine rings is 1. The zero-order chi connectivity index (χ0) is 15.5. The molecule has 0 aliphatic carbocycles. The van der Waals surface area contributed by atoms with Crippen molar-refractivity contribution in [3.63, 3.8) is 0 Å². The first-order chi connectivity index (χ1) is 11.3. The van der Waals surface area contributed by atoms with Gasteiger partial charge in [0.25, 0.3) is 0 Å². The number of hydrogen-bond donors (Lipinski definition) is 1. The van der Waals surface area contributed by atoms with Crippen LogP contribution in [0.2, 0.25) is 0 Å². The highest BCUT2D eigenvalue weighted by atomic mass is 16.6. The Labute approximate surface area is 135 Å². The summed E-state index contributed by atoms with van der Waals surface area (Å²) in [5.74, 6) is 0.684. The van der Waals surface area contributed by atoms with Gasteiger partial charge in [-0.2, -0.15) is 5.10 Å². The molecule has 0 amide bonds. The van der Waals surface area contributed by atoms with Gasteiger partial charge in [0.1, 0.15) is 6.10 Å². The molecule has 0 unspecified atom stereocenters. The fourth-order valence-electron chi connectivity index (χ4n) is 3.70. The van der Waals surface area contributed by atoms with E-state index in [1.54, 1.807) is 6.20 Å². The highest BCUT2D eigenvalue weighted by molar-refractivity contribution is 5.11. The summed E-state index contributed by atoms with van der Waals surface area (Å²) in [5, 5.41) is 6.91. The van der Waals surface area contributed by atoms with E-state index in [0.717, 1.165) is 38.9 Å². The first kappa shape index (κ1) is 14.7. The van der Waals surface area contributed by atoms with Crippen molar-refractivity contribution in [3.05, 3.63) is 42.4 Å². The molecule has 2 aromatic rings. The van der Waals surface area contributed by atoms with Crippen LogP contribution in [0.25, 0.3) is 0 Å². The number of aromatic nitrogens is 3. The van der Waals surface area contributed by atoms with E-state index in [-0.39, 0.29) is 11.7 Å². The predicted octanol–water partition coefficient (Wildman–Crippen LogP) is 2.01. The molecule has 4 heterocycles. The second kappa shape index (κ2) is 6.29. The maximum absolute atomic E-state index is 6.20. The molecule has 2 saturated heterocycles. The molecule has 6 nitrogen and oxygen atoms in total. The first-order valence-corrected chi connectivity index (χ1v) is 8.23. The lowest BCUT2D eigenvalue weighted by atomic mass is 9.89. The van der Waals surface area contributed by atoms with Gasteiger partial charge in [0, 0.05) is 43.5 Å². The van der Waals surface area contributed by atoms with Crippen LogP contribution in [0, 0.1) is 0 Å². The van der Waals surface area contributed by atoms with Gasteiger partial charge in [0.05, 0.1) is 18.4 Å². The third-order valence-electron chi connectivity index (χ3n) is 4.68. The largest absolute Gasteiger partial charge is 0.472 e.